The van der Waals surface area contributed by atoms with Crippen LogP contribution < -0.4 is 15.7 Å². The van der Waals surface area contributed by atoms with E-state index >= 15 is 0 Å². The average Bonchev–Trinajstić information content (AvgIpc) is 3.01. The van der Waals surface area contributed by atoms with E-state index in [9.17, 15) is 22.8 Å². The van der Waals surface area contributed by atoms with Gasteiger partial charge in [-0.2, -0.15) is 9.36 Å². The summed E-state index contributed by atoms with van der Waals surface area (Å²) in [4.78, 5) is 24.3. The summed E-state index contributed by atoms with van der Waals surface area (Å²) in [6.45, 7) is -0.652. The fourth-order valence-corrected chi connectivity index (χ4v) is 2.36. The fourth-order valence-electron chi connectivity index (χ4n) is 2.36. The number of hydrogen-bond acceptors (Lipinski definition) is 5. The van der Waals surface area contributed by atoms with Crippen LogP contribution in [-0.2, 0) is 17.9 Å². The van der Waals surface area contributed by atoms with Crippen molar-refractivity contribution in [3.8, 4) is 11.4 Å². The largest absolute Gasteiger partial charge is 0.573 e. The molecule has 3 aromatic rings. The quantitative estimate of drug-likeness (QED) is 0.688. The van der Waals surface area contributed by atoms with E-state index in [2.05, 4.69) is 20.5 Å². The van der Waals surface area contributed by atoms with Crippen molar-refractivity contribution in [2.75, 3.05) is 0 Å². The van der Waals surface area contributed by atoms with Crippen molar-refractivity contribution in [3.63, 3.8) is 0 Å². The molecule has 0 aliphatic heterocycles. The molecule has 146 valence electrons. The number of ether oxygens (including phenoxy) is 1. The number of carbonyl (C=O) groups is 1. The molecule has 0 fully saturated rings. The van der Waals surface area contributed by atoms with E-state index in [0.29, 0.717) is 5.69 Å². The zero-order valence-corrected chi connectivity index (χ0v) is 14.3. The van der Waals surface area contributed by atoms with Crippen LogP contribution in [0.15, 0.2) is 59.4 Å². The second-order valence-electron chi connectivity index (χ2n) is 5.60. The molecular weight excluding hydrogens is 379 g/mol. The SMILES string of the molecule is O=C(Cn1nnn(-c2ccccc2)c1=O)NCc1ccccc1OC(F)(F)F. The van der Waals surface area contributed by atoms with Crippen molar-refractivity contribution in [3.05, 3.63) is 70.6 Å². The molecule has 1 heterocycles. The standard InChI is InChI=1S/C17H14F3N5O3/c18-17(19,20)28-14-9-5-4-6-12(14)10-21-15(26)11-24-16(27)25(23-22-24)13-7-2-1-3-8-13/h1-9H,10-11H2,(H,21,26). The Hall–Kier alpha value is -3.63. The minimum absolute atomic E-state index is 0.133. The van der Waals surface area contributed by atoms with Gasteiger partial charge in [-0.25, -0.2) is 4.79 Å². The predicted molar refractivity (Wildman–Crippen MR) is 90.6 cm³/mol. The van der Waals surface area contributed by atoms with E-state index in [1.807, 2.05) is 0 Å². The normalized spacial score (nSPS) is 11.2. The van der Waals surface area contributed by atoms with Gasteiger partial charge in [0.05, 0.1) is 5.69 Å². The lowest BCUT2D eigenvalue weighted by molar-refractivity contribution is -0.274. The summed E-state index contributed by atoms with van der Waals surface area (Å²) in [7, 11) is 0. The molecule has 0 saturated heterocycles. The first-order valence-electron chi connectivity index (χ1n) is 8.02. The monoisotopic (exact) mass is 393 g/mol. The van der Waals surface area contributed by atoms with Crippen molar-refractivity contribution >= 4 is 5.91 Å². The summed E-state index contributed by atoms with van der Waals surface area (Å²) in [6, 6.07) is 13.9. The van der Waals surface area contributed by atoms with Crippen LogP contribution >= 0.6 is 0 Å². The van der Waals surface area contributed by atoms with Crippen molar-refractivity contribution < 1.29 is 22.7 Å². The highest BCUT2D eigenvalue weighted by molar-refractivity contribution is 5.75. The van der Waals surface area contributed by atoms with Gasteiger partial charge < -0.3 is 10.1 Å². The first-order valence-corrected chi connectivity index (χ1v) is 8.02. The maximum absolute atomic E-state index is 12.4. The molecule has 0 bridgehead atoms. The molecule has 28 heavy (non-hydrogen) atoms. The van der Waals surface area contributed by atoms with Gasteiger partial charge in [0.15, 0.2) is 0 Å². The second-order valence-corrected chi connectivity index (χ2v) is 5.60. The lowest BCUT2D eigenvalue weighted by Gasteiger charge is -2.13. The number of rotatable bonds is 6. The summed E-state index contributed by atoms with van der Waals surface area (Å²) >= 11 is 0. The first kappa shape index (κ1) is 19.1. The van der Waals surface area contributed by atoms with Crippen LogP contribution in [0, 0.1) is 0 Å². The zero-order valence-electron chi connectivity index (χ0n) is 14.3. The number of tetrazole rings is 1. The maximum Gasteiger partial charge on any atom is 0.573 e. The van der Waals surface area contributed by atoms with Crippen LogP contribution in [0.2, 0.25) is 0 Å². The van der Waals surface area contributed by atoms with E-state index in [-0.39, 0.29) is 12.1 Å². The molecule has 0 atom stereocenters. The summed E-state index contributed by atoms with van der Waals surface area (Å²) < 4.78 is 43.1. The van der Waals surface area contributed by atoms with E-state index in [1.165, 1.54) is 18.2 Å². The van der Waals surface area contributed by atoms with Crippen molar-refractivity contribution in [1.29, 1.82) is 0 Å². The molecule has 1 aromatic heterocycles. The van der Waals surface area contributed by atoms with Gasteiger partial charge in [0.1, 0.15) is 12.3 Å². The summed E-state index contributed by atoms with van der Waals surface area (Å²) in [5.74, 6) is -1.04. The summed E-state index contributed by atoms with van der Waals surface area (Å²) in [5, 5.41) is 9.77. The third kappa shape index (κ3) is 4.75. The number of benzene rings is 2. The molecule has 0 spiro atoms. The van der Waals surface area contributed by atoms with Crippen LogP contribution in [0.3, 0.4) is 0 Å². The molecule has 2 aromatic carbocycles. The van der Waals surface area contributed by atoms with Crippen LogP contribution in [0.5, 0.6) is 5.75 Å². The molecule has 0 unspecified atom stereocenters. The lowest BCUT2D eigenvalue weighted by Crippen LogP contribution is -2.33. The van der Waals surface area contributed by atoms with Gasteiger partial charge in [-0.3, -0.25) is 4.79 Å². The van der Waals surface area contributed by atoms with Crippen molar-refractivity contribution in [1.82, 2.24) is 25.1 Å². The number of alkyl halides is 3. The molecular formula is C17H14F3N5O3. The topological polar surface area (TPSA) is 91.0 Å². The van der Waals surface area contributed by atoms with Crippen LogP contribution in [0.25, 0.3) is 5.69 Å². The fraction of sp³-hybridized carbons (Fsp3) is 0.176. The highest BCUT2D eigenvalue weighted by Gasteiger charge is 2.32. The van der Waals surface area contributed by atoms with Crippen molar-refractivity contribution in [2.24, 2.45) is 0 Å². The molecule has 1 amide bonds. The minimum atomic E-state index is -4.84. The van der Waals surface area contributed by atoms with Gasteiger partial charge in [0.25, 0.3) is 0 Å². The Balaban J connectivity index is 1.65. The third-order valence-corrected chi connectivity index (χ3v) is 3.61. The summed E-state index contributed by atoms with van der Waals surface area (Å²) in [6.07, 6.45) is -4.84. The van der Waals surface area contributed by atoms with Gasteiger partial charge in [0.2, 0.25) is 5.91 Å². The third-order valence-electron chi connectivity index (χ3n) is 3.61. The Morgan fingerprint density at radius 1 is 1.04 bits per heavy atom. The molecule has 8 nitrogen and oxygen atoms in total. The number of nitrogens with zero attached hydrogens (tertiary/aromatic N) is 4. The number of amides is 1. The van der Waals surface area contributed by atoms with Gasteiger partial charge >= 0.3 is 12.1 Å². The van der Waals surface area contributed by atoms with Crippen LogP contribution in [0.1, 0.15) is 5.56 Å². The van der Waals surface area contributed by atoms with E-state index in [4.69, 9.17) is 0 Å². The molecule has 0 aliphatic carbocycles. The number of halogens is 3. The molecule has 0 saturated carbocycles. The lowest BCUT2D eigenvalue weighted by atomic mass is 10.2. The van der Waals surface area contributed by atoms with E-state index in [1.54, 1.807) is 30.3 Å². The predicted octanol–water partition coefficient (Wildman–Crippen LogP) is 1.64. The Labute approximate surface area is 156 Å². The first-order chi connectivity index (χ1) is 13.3. The number of carbonyl (C=O) groups excluding carboxylic acids is 1. The molecule has 1 N–H and O–H groups in total. The smallest absolute Gasteiger partial charge is 0.405 e. The van der Waals surface area contributed by atoms with E-state index < -0.39 is 30.3 Å². The number of para-hydroxylation sites is 2. The Morgan fingerprint density at radius 2 is 1.71 bits per heavy atom. The van der Waals surface area contributed by atoms with Gasteiger partial charge in [-0.15, -0.1) is 13.2 Å². The summed E-state index contributed by atoms with van der Waals surface area (Å²) in [5.41, 5.74) is -0.00648. The molecule has 3 rings (SSSR count). The second kappa shape index (κ2) is 7.94. The van der Waals surface area contributed by atoms with Crippen molar-refractivity contribution in [2.45, 2.75) is 19.5 Å². The van der Waals surface area contributed by atoms with Gasteiger partial charge in [-0.1, -0.05) is 36.4 Å². The minimum Gasteiger partial charge on any atom is -0.405 e. The maximum atomic E-state index is 12.4. The van der Waals surface area contributed by atoms with Crippen LogP contribution in [-0.4, -0.2) is 32.1 Å². The average molecular weight is 393 g/mol. The zero-order chi connectivity index (χ0) is 20.1. The number of nitrogens with one attached hydrogen (secondary N) is 1. The molecule has 0 aliphatic rings. The highest BCUT2D eigenvalue weighted by Crippen LogP contribution is 2.26. The molecule has 11 heteroatoms. The van der Waals surface area contributed by atoms with Crippen LogP contribution in [0.4, 0.5) is 13.2 Å². The van der Waals surface area contributed by atoms with Gasteiger partial charge in [0, 0.05) is 12.1 Å². The highest BCUT2D eigenvalue weighted by atomic mass is 19.4. The number of hydrogen-bond donors (Lipinski definition) is 1. The Morgan fingerprint density at radius 3 is 2.43 bits per heavy atom. The Kier molecular flexibility index (Phi) is 5.43. The number of aromatic nitrogens is 4. The van der Waals surface area contributed by atoms with Gasteiger partial charge in [-0.05, 0) is 28.6 Å². The van der Waals surface area contributed by atoms with E-state index in [0.717, 1.165) is 15.4 Å². The Bertz CT molecular complexity index is 1010. The molecule has 0 radical (unpaired) electrons.